The number of benzene rings is 1. The molecule has 1 rings (SSSR count). The van der Waals surface area contributed by atoms with Crippen molar-refractivity contribution in [1.29, 1.82) is 0 Å². The van der Waals surface area contributed by atoms with E-state index in [9.17, 15) is 9.59 Å². The van der Waals surface area contributed by atoms with Crippen LogP contribution in [0.4, 0.5) is 0 Å². The summed E-state index contributed by atoms with van der Waals surface area (Å²) in [5.41, 5.74) is 1.64. The van der Waals surface area contributed by atoms with Crippen LogP contribution in [-0.4, -0.2) is 17.7 Å². The summed E-state index contributed by atoms with van der Waals surface area (Å²) in [5.74, 6) is -0.542. The second-order valence-electron chi connectivity index (χ2n) is 4.89. The molecule has 0 saturated carbocycles. The van der Waals surface area contributed by atoms with Gasteiger partial charge in [0.2, 0.25) is 5.78 Å². The van der Waals surface area contributed by atoms with Crippen molar-refractivity contribution >= 4 is 11.7 Å². The molecular formula is C15H21NO2. The Morgan fingerprint density at radius 1 is 1.11 bits per heavy atom. The Morgan fingerprint density at radius 3 is 2.11 bits per heavy atom. The van der Waals surface area contributed by atoms with E-state index in [1.54, 1.807) is 12.1 Å². The molecule has 1 amide bonds. The quantitative estimate of drug-likeness (QED) is 0.642. The topological polar surface area (TPSA) is 46.2 Å². The van der Waals surface area contributed by atoms with Gasteiger partial charge in [-0.05, 0) is 31.7 Å². The Bertz CT molecular complexity index is 421. The highest BCUT2D eigenvalue weighted by Gasteiger charge is 2.16. The Kier molecular flexibility index (Phi) is 5.08. The van der Waals surface area contributed by atoms with Crippen molar-refractivity contribution in [3.05, 3.63) is 35.4 Å². The predicted molar refractivity (Wildman–Crippen MR) is 72.8 cm³/mol. The summed E-state index contributed by atoms with van der Waals surface area (Å²) in [6, 6.07) is 7.27. The number of hydrogen-bond donors (Lipinski definition) is 1. The minimum absolute atomic E-state index is 0.0270. The molecule has 18 heavy (non-hydrogen) atoms. The highest BCUT2D eigenvalue weighted by molar-refractivity contribution is 6.42. The maximum absolute atomic E-state index is 11.8. The maximum Gasteiger partial charge on any atom is 0.292 e. The van der Waals surface area contributed by atoms with Crippen molar-refractivity contribution in [2.45, 2.75) is 46.1 Å². The third kappa shape index (κ3) is 3.69. The van der Waals surface area contributed by atoms with E-state index in [4.69, 9.17) is 0 Å². The summed E-state index contributed by atoms with van der Waals surface area (Å²) in [6.07, 6.45) is 1.06. The highest BCUT2D eigenvalue weighted by atomic mass is 16.2. The summed E-state index contributed by atoms with van der Waals surface area (Å²) >= 11 is 0. The summed E-state index contributed by atoms with van der Waals surface area (Å²) in [7, 11) is 0. The van der Waals surface area contributed by atoms with Crippen LogP contribution in [0.1, 0.15) is 56.0 Å². The summed E-state index contributed by atoms with van der Waals surface area (Å²) < 4.78 is 0. The number of carbonyl (C=O) groups is 2. The molecule has 0 aromatic heterocycles. The molecule has 0 saturated heterocycles. The van der Waals surface area contributed by atoms with Gasteiger partial charge in [0.25, 0.3) is 5.91 Å². The molecule has 1 aromatic rings. The molecule has 1 unspecified atom stereocenters. The molecule has 0 bridgehead atoms. The lowest BCUT2D eigenvalue weighted by Gasteiger charge is -2.10. The largest absolute Gasteiger partial charge is 0.347 e. The molecule has 0 radical (unpaired) electrons. The van der Waals surface area contributed by atoms with E-state index in [0.717, 1.165) is 6.42 Å². The lowest BCUT2D eigenvalue weighted by molar-refractivity contribution is -0.117. The normalized spacial score (nSPS) is 12.3. The molecule has 3 nitrogen and oxygen atoms in total. The zero-order valence-electron chi connectivity index (χ0n) is 11.5. The van der Waals surface area contributed by atoms with Crippen molar-refractivity contribution in [1.82, 2.24) is 5.32 Å². The van der Waals surface area contributed by atoms with Crippen LogP contribution in [0.15, 0.2) is 24.3 Å². The monoisotopic (exact) mass is 247 g/mol. The SMILES string of the molecule is CCC(C)c1ccc(C(=O)C(=O)NC(C)C)cc1. The number of Topliss-reactive ketones (excluding diaryl/α,β-unsaturated/α-hetero) is 1. The third-order valence-electron chi connectivity index (χ3n) is 2.98. The first-order valence-corrected chi connectivity index (χ1v) is 6.40. The smallest absolute Gasteiger partial charge is 0.292 e. The molecule has 1 N–H and O–H groups in total. The fourth-order valence-corrected chi connectivity index (χ4v) is 1.66. The van der Waals surface area contributed by atoms with Crippen molar-refractivity contribution in [2.75, 3.05) is 0 Å². The van der Waals surface area contributed by atoms with Gasteiger partial charge in [0.15, 0.2) is 0 Å². The molecule has 3 heteroatoms. The average Bonchev–Trinajstić information content (AvgIpc) is 2.36. The fraction of sp³-hybridized carbons (Fsp3) is 0.467. The van der Waals surface area contributed by atoms with Gasteiger partial charge < -0.3 is 5.32 Å². The number of carbonyl (C=O) groups excluding carboxylic acids is 2. The number of rotatable bonds is 5. The maximum atomic E-state index is 11.8. The van der Waals surface area contributed by atoms with E-state index in [2.05, 4.69) is 19.2 Å². The molecule has 1 atom stereocenters. The van der Waals surface area contributed by atoms with Crippen molar-refractivity contribution in [3.8, 4) is 0 Å². The van der Waals surface area contributed by atoms with E-state index in [0.29, 0.717) is 11.5 Å². The molecule has 1 aromatic carbocycles. The Labute approximate surface area is 109 Å². The molecule has 0 fully saturated rings. The first-order chi connectivity index (χ1) is 8.45. The minimum atomic E-state index is -0.540. The van der Waals surface area contributed by atoms with E-state index in [1.165, 1.54) is 5.56 Å². The van der Waals surface area contributed by atoms with Crippen LogP contribution in [-0.2, 0) is 4.79 Å². The van der Waals surface area contributed by atoms with E-state index < -0.39 is 11.7 Å². The van der Waals surface area contributed by atoms with Crippen LogP contribution in [0, 0.1) is 0 Å². The lowest BCUT2D eigenvalue weighted by atomic mass is 9.97. The molecule has 98 valence electrons. The van der Waals surface area contributed by atoms with Gasteiger partial charge >= 0.3 is 0 Å². The van der Waals surface area contributed by atoms with Crippen LogP contribution in [0.25, 0.3) is 0 Å². The molecule has 0 aliphatic rings. The van der Waals surface area contributed by atoms with E-state index in [-0.39, 0.29) is 6.04 Å². The van der Waals surface area contributed by atoms with Gasteiger partial charge in [-0.25, -0.2) is 0 Å². The molecule has 0 aliphatic heterocycles. The Hall–Kier alpha value is -1.64. The van der Waals surface area contributed by atoms with Crippen LogP contribution in [0.2, 0.25) is 0 Å². The average molecular weight is 247 g/mol. The number of ketones is 1. The summed E-state index contributed by atoms with van der Waals surface area (Å²) in [4.78, 5) is 23.4. The van der Waals surface area contributed by atoms with Crippen molar-refractivity contribution in [3.63, 3.8) is 0 Å². The highest BCUT2D eigenvalue weighted by Crippen LogP contribution is 2.18. The second-order valence-corrected chi connectivity index (χ2v) is 4.89. The van der Waals surface area contributed by atoms with Gasteiger partial charge in [0.05, 0.1) is 0 Å². The lowest BCUT2D eigenvalue weighted by Crippen LogP contribution is -2.35. The first kappa shape index (κ1) is 14.4. The van der Waals surface area contributed by atoms with Crippen LogP contribution in [0.5, 0.6) is 0 Å². The second kappa shape index (κ2) is 6.34. The van der Waals surface area contributed by atoms with E-state index >= 15 is 0 Å². The summed E-state index contributed by atoms with van der Waals surface area (Å²) in [5, 5.41) is 2.60. The minimum Gasteiger partial charge on any atom is -0.347 e. The Balaban J connectivity index is 2.79. The van der Waals surface area contributed by atoms with Gasteiger partial charge in [0.1, 0.15) is 0 Å². The molecular weight excluding hydrogens is 226 g/mol. The third-order valence-corrected chi connectivity index (χ3v) is 2.98. The van der Waals surface area contributed by atoms with Crippen LogP contribution in [0.3, 0.4) is 0 Å². The zero-order chi connectivity index (χ0) is 13.7. The van der Waals surface area contributed by atoms with Crippen LogP contribution < -0.4 is 5.32 Å². The van der Waals surface area contributed by atoms with E-state index in [1.807, 2.05) is 26.0 Å². The predicted octanol–water partition coefficient (Wildman–Crippen LogP) is 2.91. The number of amides is 1. The van der Waals surface area contributed by atoms with Gasteiger partial charge in [-0.3, -0.25) is 9.59 Å². The van der Waals surface area contributed by atoms with Crippen molar-refractivity contribution in [2.24, 2.45) is 0 Å². The molecule has 0 heterocycles. The molecule has 0 aliphatic carbocycles. The van der Waals surface area contributed by atoms with Crippen LogP contribution >= 0.6 is 0 Å². The summed E-state index contributed by atoms with van der Waals surface area (Å²) in [6.45, 7) is 7.93. The fourth-order valence-electron chi connectivity index (χ4n) is 1.66. The number of nitrogens with one attached hydrogen (secondary N) is 1. The van der Waals surface area contributed by atoms with Crippen molar-refractivity contribution < 1.29 is 9.59 Å². The molecule has 0 spiro atoms. The Morgan fingerprint density at radius 2 is 1.67 bits per heavy atom. The van der Waals surface area contributed by atoms with Gasteiger partial charge in [0, 0.05) is 11.6 Å². The first-order valence-electron chi connectivity index (χ1n) is 6.40. The van der Waals surface area contributed by atoms with Gasteiger partial charge in [-0.15, -0.1) is 0 Å². The van der Waals surface area contributed by atoms with Gasteiger partial charge in [-0.1, -0.05) is 38.1 Å². The zero-order valence-corrected chi connectivity index (χ0v) is 11.5. The standard InChI is InChI=1S/C15H21NO2/c1-5-11(4)12-6-8-13(9-7-12)14(17)15(18)16-10(2)3/h6-11H,5H2,1-4H3,(H,16,18). The van der Waals surface area contributed by atoms with Gasteiger partial charge in [-0.2, -0.15) is 0 Å². The number of hydrogen-bond acceptors (Lipinski definition) is 2.